The summed E-state index contributed by atoms with van der Waals surface area (Å²) in [5.41, 5.74) is -1.19. The lowest BCUT2D eigenvalue weighted by atomic mass is 10.1. The van der Waals surface area contributed by atoms with Crippen LogP contribution in [0.5, 0.6) is 0 Å². The van der Waals surface area contributed by atoms with E-state index in [-0.39, 0.29) is 10.4 Å². The van der Waals surface area contributed by atoms with Gasteiger partial charge in [0, 0.05) is 18.1 Å². The third-order valence-corrected chi connectivity index (χ3v) is 3.17. The smallest absolute Gasteiger partial charge is 0.474 e. The number of nitrogens with zero attached hydrogens (tertiary/aromatic N) is 1. The summed E-state index contributed by atoms with van der Waals surface area (Å²) in [6.45, 7) is 2.01. The van der Waals surface area contributed by atoms with E-state index in [2.05, 4.69) is 4.65 Å². The third kappa shape index (κ3) is 2.90. The van der Waals surface area contributed by atoms with Crippen LogP contribution < -0.4 is 5.43 Å². The average Bonchev–Trinajstić information content (AvgIpc) is 2.40. The SMILES string of the molecule is CCn1cc(C(=O)OB(F)F)c(=O)c2cc(F)c(Cl)cc21. The maximum absolute atomic E-state index is 13.5. The number of halogens is 4. The molecule has 1 aromatic heterocycles. The second-order valence-corrected chi connectivity index (χ2v) is 4.51. The van der Waals surface area contributed by atoms with Crippen LogP contribution in [-0.4, -0.2) is 18.0 Å². The molecule has 0 aliphatic carbocycles. The van der Waals surface area contributed by atoms with Crippen LogP contribution in [0.4, 0.5) is 13.0 Å². The fourth-order valence-corrected chi connectivity index (χ4v) is 2.09. The summed E-state index contributed by atoms with van der Waals surface area (Å²) in [6, 6.07) is 2.10. The van der Waals surface area contributed by atoms with Gasteiger partial charge < -0.3 is 9.22 Å². The molecular weight excluding hydrogens is 309 g/mol. The number of benzene rings is 1. The van der Waals surface area contributed by atoms with Crippen LogP contribution >= 0.6 is 11.6 Å². The van der Waals surface area contributed by atoms with Gasteiger partial charge in [-0.1, -0.05) is 11.6 Å². The Kier molecular flexibility index (Phi) is 4.27. The highest BCUT2D eigenvalue weighted by Gasteiger charge is 2.25. The molecule has 1 aromatic carbocycles. The van der Waals surface area contributed by atoms with E-state index in [9.17, 15) is 22.6 Å². The molecule has 0 amide bonds. The van der Waals surface area contributed by atoms with Crippen LogP contribution in [0.15, 0.2) is 23.1 Å². The van der Waals surface area contributed by atoms with E-state index in [1.54, 1.807) is 6.92 Å². The van der Waals surface area contributed by atoms with Crippen molar-refractivity contribution in [1.29, 1.82) is 0 Å². The van der Waals surface area contributed by atoms with Crippen LogP contribution in [0.3, 0.4) is 0 Å². The van der Waals surface area contributed by atoms with E-state index in [1.165, 1.54) is 10.6 Å². The number of aryl methyl sites for hydroxylation is 1. The zero-order valence-corrected chi connectivity index (χ0v) is 11.5. The van der Waals surface area contributed by atoms with Gasteiger partial charge in [-0.15, -0.1) is 0 Å². The van der Waals surface area contributed by atoms with E-state index < -0.39 is 30.2 Å². The van der Waals surface area contributed by atoms with E-state index in [0.717, 1.165) is 12.3 Å². The standard InChI is InChI=1S/C12H8BClF3NO3/c1-2-18-5-7(12(20)21-13(16)17)11(19)6-3-9(15)8(14)4-10(6)18/h3-5H,2H2,1H3. The van der Waals surface area contributed by atoms with E-state index >= 15 is 0 Å². The molecule has 4 nitrogen and oxygen atoms in total. The first kappa shape index (κ1) is 15.4. The molecule has 0 N–H and O–H groups in total. The Morgan fingerprint density at radius 2 is 2.10 bits per heavy atom. The van der Waals surface area contributed by atoms with Crippen molar-refractivity contribution >= 4 is 35.9 Å². The van der Waals surface area contributed by atoms with Crippen LogP contribution in [-0.2, 0) is 11.2 Å². The van der Waals surface area contributed by atoms with Gasteiger partial charge in [0.2, 0.25) is 5.43 Å². The largest absolute Gasteiger partial charge is 0.798 e. The summed E-state index contributed by atoms with van der Waals surface area (Å²) in [7, 11) is -3.34. The van der Waals surface area contributed by atoms with Gasteiger partial charge in [-0.05, 0) is 19.1 Å². The van der Waals surface area contributed by atoms with Crippen molar-refractivity contribution in [3.05, 3.63) is 45.0 Å². The Labute approximate surface area is 122 Å². The first-order valence-electron chi connectivity index (χ1n) is 5.86. The van der Waals surface area contributed by atoms with E-state index in [4.69, 9.17) is 11.6 Å². The molecular formula is C12H8BClF3NO3. The normalized spacial score (nSPS) is 10.7. The fourth-order valence-electron chi connectivity index (χ4n) is 1.94. The summed E-state index contributed by atoms with van der Waals surface area (Å²) in [5.74, 6) is -2.31. The molecule has 2 rings (SSSR count). The van der Waals surface area contributed by atoms with Gasteiger partial charge in [-0.25, -0.2) is 17.8 Å². The molecule has 21 heavy (non-hydrogen) atoms. The number of aromatic nitrogens is 1. The topological polar surface area (TPSA) is 48.3 Å². The van der Waals surface area contributed by atoms with Crippen molar-refractivity contribution in [3.8, 4) is 0 Å². The van der Waals surface area contributed by atoms with Crippen molar-refractivity contribution in [2.45, 2.75) is 13.5 Å². The molecule has 1 heterocycles. The Morgan fingerprint density at radius 3 is 2.67 bits per heavy atom. The lowest BCUT2D eigenvalue weighted by Gasteiger charge is -2.11. The minimum atomic E-state index is -3.34. The molecule has 0 radical (unpaired) electrons. The Balaban J connectivity index is 2.75. The molecule has 0 aliphatic rings. The lowest BCUT2D eigenvalue weighted by molar-refractivity contribution is 0.0693. The molecule has 0 spiro atoms. The van der Waals surface area contributed by atoms with E-state index in [0.29, 0.717) is 12.1 Å². The van der Waals surface area contributed by atoms with Crippen LogP contribution in [0.2, 0.25) is 5.02 Å². The van der Waals surface area contributed by atoms with Crippen molar-refractivity contribution in [2.75, 3.05) is 0 Å². The monoisotopic (exact) mass is 317 g/mol. The van der Waals surface area contributed by atoms with Gasteiger partial charge in [0.15, 0.2) is 0 Å². The van der Waals surface area contributed by atoms with Crippen molar-refractivity contribution in [2.24, 2.45) is 0 Å². The van der Waals surface area contributed by atoms with Crippen molar-refractivity contribution in [1.82, 2.24) is 4.57 Å². The Morgan fingerprint density at radius 1 is 1.43 bits per heavy atom. The predicted molar refractivity (Wildman–Crippen MR) is 72.2 cm³/mol. The Hall–Kier alpha value is -1.96. The van der Waals surface area contributed by atoms with Crippen LogP contribution in [0, 0.1) is 5.82 Å². The van der Waals surface area contributed by atoms with Crippen LogP contribution in [0.25, 0.3) is 10.9 Å². The number of fused-ring (bicyclic) bond motifs is 1. The molecule has 2 aromatic rings. The molecule has 0 saturated carbocycles. The summed E-state index contributed by atoms with van der Waals surface area (Å²) >= 11 is 5.66. The number of pyridine rings is 1. The number of hydrogen-bond donors (Lipinski definition) is 0. The summed E-state index contributed by atoms with van der Waals surface area (Å²) in [5, 5.41) is -0.325. The van der Waals surface area contributed by atoms with Crippen molar-refractivity contribution in [3.63, 3.8) is 0 Å². The minimum absolute atomic E-state index is 0.137. The highest BCUT2D eigenvalue weighted by molar-refractivity contribution is 6.38. The molecule has 9 heteroatoms. The first-order chi connectivity index (χ1) is 9.85. The average molecular weight is 317 g/mol. The highest BCUT2D eigenvalue weighted by Crippen LogP contribution is 2.22. The minimum Gasteiger partial charge on any atom is -0.474 e. The number of carbonyl (C=O) groups is 1. The van der Waals surface area contributed by atoms with Gasteiger partial charge in [0.05, 0.1) is 10.5 Å². The third-order valence-electron chi connectivity index (χ3n) is 2.88. The zero-order chi connectivity index (χ0) is 15.7. The highest BCUT2D eigenvalue weighted by atomic mass is 35.5. The van der Waals surface area contributed by atoms with Gasteiger partial charge in [0.25, 0.3) is 0 Å². The molecule has 0 fully saturated rings. The molecule has 0 aliphatic heterocycles. The maximum atomic E-state index is 13.5. The van der Waals surface area contributed by atoms with Crippen LogP contribution in [0.1, 0.15) is 17.3 Å². The second-order valence-electron chi connectivity index (χ2n) is 4.11. The van der Waals surface area contributed by atoms with Gasteiger partial charge in [0.1, 0.15) is 11.4 Å². The summed E-state index contributed by atoms with van der Waals surface area (Å²) < 4.78 is 42.8. The maximum Gasteiger partial charge on any atom is 0.798 e. The zero-order valence-electron chi connectivity index (χ0n) is 10.7. The summed E-state index contributed by atoms with van der Waals surface area (Å²) in [6.07, 6.45) is 1.09. The molecule has 0 bridgehead atoms. The quantitative estimate of drug-likeness (QED) is 0.818. The van der Waals surface area contributed by atoms with Gasteiger partial charge in [-0.2, -0.15) is 0 Å². The number of carbonyl (C=O) groups excluding carboxylic acids is 1. The first-order valence-corrected chi connectivity index (χ1v) is 6.24. The Bertz CT molecular complexity index is 778. The molecule has 0 saturated heterocycles. The predicted octanol–water partition coefficient (Wildman–Crippen LogP) is 2.89. The van der Waals surface area contributed by atoms with Crippen molar-refractivity contribution < 1.29 is 22.5 Å². The molecule has 110 valence electrons. The van der Waals surface area contributed by atoms with Gasteiger partial charge >= 0.3 is 13.4 Å². The number of rotatable bonds is 3. The second kappa shape index (κ2) is 5.81. The van der Waals surface area contributed by atoms with Gasteiger partial charge in [-0.3, -0.25) is 4.79 Å². The number of hydrogen-bond acceptors (Lipinski definition) is 3. The molecule has 0 unspecified atom stereocenters. The fraction of sp³-hybridized carbons (Fsp3) is 0.167. The summed E-state index contributed by atoms with van der Waals surface area (Å²) in [4.78, 5) is 23.6. The lowest BCUT2D eigenvalue weighted by Crippen LogP contribution is -2.23. The van der Waals surface area contributed by atoms with E-state index in [1.807, 2.05) is 0 Å². The molecule has 0 atom stereocenters.